The van der Waals surface area contributed by atoms with Crippen LogP contribution in [0, 0.1) is 5.41 Å². The Balaban J connectivity index is 1.91. The minimum absolute atomic E-state index is 0.0929. The minimum atomic E-state index is -0.0929. The van der Waals surface area contributed by atoms with Crippen LogP contribution in [-0.4, -0.2) is 10.8 Å². The third-order valence-electron chi connectivity index (χ3n) is 4.47. The van der Waals surface area contributed by atoms with Crippen LogP contribution in [0.3, 0.4) is 0 Å². The Kier molecular flexibility index (Phi) is 3.09. The smallest absolute Gasteiger partial charge is 0.143 e. The fourth-order valence-electron chi connectivity index (χ4n) is 3.13. The number of aromatic nitrogens is 1. The van der Waals surface area contributed by atoms with Gasteiger partial charge < -0.3 is 0 Å². The van der Waals surface area contributed by atoms with Crippen LogP contribution < -0.4 is 0 Å². The highest BCUT2D eigenvalue weighted by atomic mass is 16.1. The fraction of sp³-hybridized carbons (Fsp3) is 0.412. The summed E-state index contributed by atoms with van der Waals surface area (Å²) in [6.07, 6.45) is 6.84. The molecule has 0 atom stereocenters. The number of Topliss-reactive ketones (excluding diaryl/α,β-unsaturated/α-hetero) is 1. The molecule has 2 nitrogen and oxygen atoms in total. The predicted molar refractivity (Wildman–Crippen MR) is 77.0 cm³/mol. The quantitative estimate of drug-likeness (QED) is 0.829. The molecule has 1 aromatic carbocycles. The lowest BCUT2D eigenvalue weighted by Gasteiger charge is -2.21. The fourth-order valence-corrected chi connectivity index (χ4v) is 3.13. The summed E-state index contributed by atoms with van der Waals surface area (Å²) in [5, 5.41) is 1.11. The molecule has 0 saturated heterocycles. The Labute approximate surface area is 113 Å². The van der Waals surface area contributed by atoms with Crippen molar-refractivity contribution in [2.75, 3.05) is 0 Å². The minimum Gasteiger partial charge on any atom is -0.299 e. The second-order valence-electron chi connectivity index (χ2n) is 5.85. The van der Waals surface area contributed by atoms with Gasteiger partial charge in [0.1, 0.15) is 5.78 Å². The molecular formula is C17H19NO. The summed E-state index contributed by atoms with van der Waals surface area (Å²) in [7, 11) is 0. The maximum Gasteiger partial charge on any atom is 0.143 e. The van der Waals surface area contributed by atoms with Crippen LogP contribution in [0.4, 0.5) is 0 Å². The van der Waals surface area contributed by atoms with Gasteiger partial charge in [-0.1, -0.05) is 38.0 Å². The first-order chi connectivity index (χ1) is 9.19. The molecule has 0 spiro atoms. The maximum atomic E-state index is 12.6. The number of fused-ring (bicyclic) bond motifs is 1. The van der Waals surface area contributed by atoms with Crippen molar-refractivity contribution in [3.63, 3.8) is 0 Å². The van der Waals surface area contributed by atoms with Gasteiger partial charge in [0.15, 0.2) is 0 Å². The van der Waals surface area contributed by atoms with Gasteiger partial charge in [-0.2, -0.15) is 0 Å². The Morgan fingerprint density at radius 1 is 1.21 bits per heavy atom. The molecule has 98 valence electrons. The molecule has 0 radical (unpaired) electrons. The monoisotopic (exact) mass is 253 g/mol. The molecule has 19 heavy (non-hydrogen) atoms. The van der Waals surface area contributed by atoms with E-state index in [4.69, 9.17) is 0 Å². The van der Waals surface area contributed by atoms with E-state index in [9.17, 15) is 4.79 Å². The number of para-hydroxylation sites is 1. The molecule has 0 bridgehead atoms. The number of ketones is 1. The molecule has 1 aliphatic carbocycles. The summed E-state index contributed by atoms with van der Waals surface area (Å²) in [5.74, 6) is 0.390. The van der Waals surface area contributed by atoms with Crippen LogP contribution in [0.1, 0.15) is 38.2 Å². The Bertz CT molecular complexity index is 606. The van der Waals surface area contributed by atoms with E-state index in [1.807, 2.05) is 30.5 Å². The van der Waals surface area contributed by atoms with Crippen molar-refractivity contribution >= 4 is 16.7 Å². The van der Waals surface area contributed by atoms with Gasteiger partial charge in [0, 0.05) is 23.4 Å². The van der Waals surface area contributed by atoms with E-state index in [0.29, 0.717) is 12.2 Å². The standard InChI is InChI=1S/C17H19NO/c1-17(9-4-5-10-17)16(19)12-13-8-11-18-15-7-3-2-6-14(13)15/h2-3,6-8,11H,4-5,9-10,12H2,1H3. The Morgan fingerprint density at radius 3 is 2.74 bits per heavy atom. The topological polar surface area (TPSA) is 30.0 Å². The number of benzene rings is 1. The highest BCUT2D eigenvalue weighted by molar-refractivity contribution is 5.91. The number of hydrogen-bond donors (Lipinski definition) is 0. The third-order valence-corrected chi connectivity index (χ3v) is 4.47. The number of carbonyl (C=O) groups is 1. The molecule has 1 fully saturated rings. The van der Waals surface area contributed by atoms with E-state index in [1.54, 1.807) is 0 Å². The Morgan fingerprint density at radius 2 is 1.95 bits per heavy atom. The average Bonchev–Trinajstić information content (AvgIpc) is 2.87. The zero-order valence-corrected chi connectivity index (χ0v) is 11.4. The second-order valence-corrected chi connectivity index (χ2v) is 5.85. The first-order valence-electron chi connectivity index (χ1n) is 7.05. The van der Waals surface area contributed by atoms with Crippen LogP contribution in [0.2, 0.25) is 0 Å². The van der Waals surface area contributed by atoms with Gasteiger partial charge in [0.05, 0.1) is 5.52 Å². The van der Waals surface area contributed by atoms with Gasteiger partial charge in [-0.05, 0) is 30.5 Å². The molecule has 1 heterocycles. The average molecular weight is 253 g/mol. The summed E-state index contributed by atoms with van der Waals surface area (Å²) < 4.78 is 0. The van der Waals surface area contributed by atoms with E-state index in [-0.39, 0.29) is 5.41 Å². The normalized spacial score (nSPS) is 17.7. The second kappa shape index (κ2) is 4.76. The van der Waals surface area contributed by atoms with E-state index in [0.717, 1.165) is 29.3 Å². The predicted octanol–water partition coefficient (Wildman–Crippen LogP) is 3.93. The lowest BCUT2D eigenvalue weighted by atomic mass is 9.81. The van der Waals surface area contributed by atoms with Gasteiger partial charge >= 0.3 is 0 Å². The molecule has 3 rings (SSSR count). The first kappa shape index (κ1) is 12.3. The van der Waals surface area contributed by atoms with E-state index < -0.39 is 0 Å². The molecule has 1 aromatic heterocycles. The molecule has 1 aliphatic rings. The molecule has 0 aliphatic heterocycles. The molecule has 0 unspecified atom stereocenters. The number of rotatable bonds is 3. The van der Waals surface area contributed by atoms with Crippen LogP contribution >= 0.6 is 0 Å². The maximum absolute atomic E-state index is 12.6. The zero-order valence-electron chi connectivity index (χ0n) is 11.4. The Hall–Kier alpha value is -1.70. The van der Waals surface area contributed by atoms with Crippen molar-refractivity contribution in [2.45, 2.75) is 39.0 Å². The summed E-state index contributed by atoms with van der Waals surface area (Å²) in [4.78, 5) is 16.9. The highest BCUT2D eigenvalue weighted by Crippen LogP contribution is 2.39. The van der Waals surface area contributed by atoms with Gasteiger partial charge in [0.25, 0.3) is 0 Å². The van der Waals surface area contributed by atoms with E-state index in [1.165, 1.54) is 12.8 Å². The van der Waals surface area contributed by atoms with Crippen LogP contribution in [0.5, 0.6) is 0 Å². The molecule has 2 aromatic rings. The summed E-state index contributed by atoms with van der Waals surface area (Å²) in [6.45, 7) is 2.13. The van der Waals surface area contributed by atoms with Gasteiger partial charge in [-0.3, -0.25) is 9.78 Å². The van der Waals surface area contributed by atoms with E-state index >= 15 is 0 Å². The number of hydrogen-bond acceptors (Lipinski definition) is 2. The van der Waals surface area contributed by atoms with Crippen molar-refractivity contribution in [1.29, 1.82) is 0 Å². The summed E-state index contributed by atoms with van der Waals surface area (Å²) >= 11 is 0. The largest absolute Gasteiger partial charge is 0.299 e. The SMILES string of the molecule is CC1(C(=O)Cc2ccnc3ccccc23)CCCC1. The van der Waals surface area contributed by atoms with E-state index in [2.05, 4.69) is 18.0 Å². The van der Waals surface area contributed by atoms with Crippen LogP contribution in [-0.2, 0) is 11.2 Å². The summed E-state index contributed by atoms with van der Waals surface area (Å²) in [5.41, 5.74) is 2.00. The third kappa shape index (κ3) is 2.27. The number of pyridine rings is 1. The first-order valence-corrected chi connectivity index (χ1v) is 7.05. The van der Waals surface area contributed by atoms with Gasteiger partial charge in [0.2, 0.25) is 0 Å². The van der Waals surface area contributed by atoms with Crippen molar-refractivity contribution in [2.24, 2.45) is 5.41 Å². The molecule has 2 heteroatoms. The van der Waals surface area contributed by atoms with Gasteiger partial charge in [-0.25, -0.2) is 0 Å². The van der Waals surface area contributed by atoms with Crippen LogP contribution in [0.25, 0.3) is 10.9 Å². The molecular weight excluding hydrogens is 234 g/mol. The lowest BCUT2D eigenvalue weighted by molar-refractivity contribution is -0.126. The van der Waals surface area contributed by atoms with Crippen LogP contribution in [0.15, 0.2) is 36.5 Å². The lowest BCUT2D eigenvalue weighted by Crippen LogP contribution is -2.26. The van der Waals surface area contributed by atoms with Crippen molar-refractivity contribution in [3.8, 4) is 0 Å². The van der Waals surface area contributed by atoms with Crippen molar-refractivity contribution < 1.29 is 4.79 Å². The molecule has 0 N–H and O–H groups in total. The van der Waals surface area contributed by atoms with Gasteiger partial charge in [-0.15, -0.1) is 0 Å². The summed E-state index contributed by atoms with van der Waals surface area (Å²) in [6, 6.07) is 10.0. The molecule has 1 saturated carbocycles. The number of nitrogens with zero attached hydrogens (tertiary/aromatic N) is 1. The number of carbonyl (C=O) groups excluding carboxylic acids is 1. The zero-order chi connectivity index (χ0) is 13.3. The highest BCUT2D eigenvalue weighted by Gasteiger charge is 2.35. The van der Waals surface area contributed by atoms with Crippen molar-refractivity contribution in [3.05, 3.63) is 42.1 Å². The van der Waals surface area contributed by atoms with Crippen molar-refractivity contribution in [1.82, 2.24) is 4.98 Å². The molecule has 0 amide bonds.